The summed E-state index contributed by atoms with van der Waals surface area (Å²) in [6.07, 6.45) is 1.79. The fraction of sp³-hybridized carbons (Fsp3) is 0.381. The summed E-state index contributed by atoms with van der Waals surface area (Å²) < 4.78 is 27.7. The highest BCUT2D eigenvalue weighted by Crippen LogP contribution is 2.21. The van der Waals surface area contributed by atoms with Crippen LogP contribution in [0.3, 0.4) is 0 Å². The molecule has 0 aliphatic rings. The highest BCUT2D eigenvalue weighted by Gasteiger charge is 2.20. The fourth-order valence-electron chi connectivity index (χ4n) is 2.86. The molecule has 0 radical (unpaired) electrons. The number of aryl methyl sites for hydroxylation is 2. The van der Waals surface area contributed by atoms with E-state index in [2.05, 4.69) is 5.32 Å². The van der Waals surface area contributed by atoms with Crippen molar-refractivity contribution in [3.63, 3.8) is 0 Å². The van der Waals surface area contributed by atoms with E-state index in [0.29, 0.717) is 6.54 Å². The second-order valence-electron chi connectivity index (χ2n) is 7.07. The smallest absolute Gasteiger partial charge is 0.322 e. The minimum Gasteiger partial charge on any atom is -0.383 e. The van der Waals surface area contributed by atoms with Crippen molar-refractivity contribution >= 4 is 21.8 Å². The minimum absolute atomic E-state index is 0.00485. The molecule has 0 spiro atoms. The van der Waals surface area contributed by atoms with Gasteiger partial charge in [0.05, 0.1) is 6.26 Å². The largest absolute Gasteiger partial charge is 0.383 e. The standard InChI is InChI=1S/C21H28N2O4S/c1-6-17(4)23(21(24)22-20-11-10-15(2)12-16(20)3)14-18-8-7-9-19(13-18)27-28(5,25)26/h7-13,17H,6,14H2,1-5H3,(H,22,24)/t17-/m0/s1. The van der Waals surface area contributed by atoms with Crippen LogP contribution in [-0.4, -0.2) is 31.6 Å². The normalized spacial score (nSPS) is 12.3. The molecule has 0 fully saturated rings. The molecule has 28 heavy (non-hydrogen) atoms. The van der Waals surface area contributed by atoms with Crippen LogP contribution in [0.4, 0.5) is 10.5 Å². The molecule has 0 unspecified atom stereocenters. The first-order valence-corrected chi connectivity index (χ1v) is 11.0. The molecule has 2 aromatic carbocycles. The number of carbonyl (C=O) groups is 1. The van der Waals surface area contributed by atoms with Gasteiger partial charge < -0.3 is 14.4 Å². The van der Waals surface area contributed by atoms with E-state index in [1.165, 1.54) is 0 Å². The third-order valence-electron chi connectivity index (χ3n) is 4.51. The zero-order valence-corrected chi connectivity index (χ0v) is 17.8. The number of amides is 2. The van der Waals surface area contributed by atoms with Crippen molar-refractivity contribution in [3.05, 3.63) is 59.2 Å². The van der Waals surface area contributed by atoms with Gasteiger partial charge in [-0.05, 0) is 56.5 Å². The number of rotatable bonds is 7. The molecule has 2 aromatic rings. The van der Waals surface area contributed by atoms with Crippen LogP contribution in [0.15, 0.2) is 42.5 Å². The molecule has 0 bridgehead atoms. The van der Waals surface area contributed by atoms with Crippen LogP contribution < -0.4 is 9.50 Å². The average molecular weight is 405 g/mol. The van der Waals surface area contributed by atoms with Crippen molar-refractivity contribution in [2.24, 2.45) is 0 Å². The van der Waals surface area contributed by atoms with E-state index in [9.17, 15) is 13.2 Å². The minimum atomic E-state index is -3.60. The zero-order chi connectivity index (χ0) is 20.9. The number of benzene rings is 2. The van der Waals surface area contributed by atoms with Crippen LogP contribution in [0, 0.1) is 13.8 Å². The summed E-state index contributed by atoms with van der Waals surface area (Å²) in [6, 6.07) is 12.5. The van der Waals surface area contributed by atoms with Gasteiger partial charge in [0.25, 0.3) is 0 Å². The summed E-state index contributed by atoms with van der Waals surface area (Å²) >= 11 is 0. The molecule has 0 saturated heterocycles. The highest BCUT2D eigenvalue weighted by atomic mass is 32.2. The van der Waals surface area contributed by atoms with Crippen LogP contribution in [-0.2, 0) is 16.7 Å². The Morgan fingerprint density at radius 2 is 1.89 bits per heavy atom. The van der Waals surface area contributed by atoms with Gasteiger partial charge >= 0.3 is 16.1 Å². The maximum absolute atomic E-state index is 13.0. The molecular weight excluding hydrogens is 376 g/mol. The third-order valence-corrected chi connectivity index (χ3v) is 5.00. The number of carbonyl (C=O) groups excluding carboxylic acids is 1. The molecule has 0 aromatic heterocycles. The zero-order valence-electron chi connectivity index (χ0n) is 17.0. The Hall–Kier alpha value is -2.54. The lowest BCUT2D eigenvalue weighted by molar-refractivity contribution is 0.187. The van der Waals surface area contributed by atoms with Gasteiger partial charge in [0.15, 0.2) is 0 Å². The molecule has 0 saturated carbocycles. The highest BCUT2D eigenvalue weighted by molar-refractivity contribution is 7.86. The molecule has 1 atom stereocenters. The topological polar surface area (TPSA) is 75.7 Å². The number of hydrogen-bond acceptors (Lipinski definition) is 4. The lowest BCUT2D eigenvalue weighted by Gasteiger charge is -2.29. The maximum Gasteiger partial charge on any atom is 0.322 e. The monoisotopic (exact) mass is 404 g/mol. The summed E-state index contributed by atoms with van der Waals surface area (Å²) in [5.74, 6) is 0.235. The number of nitrogens with one attached hydrogen (secondary N) is 1. The predicted molar refractivity (Wildman–Crippen MR) is 112 cm³/mol. The van der Waals surface area contributed by atoms with Crippen LogP contribution >= 0.6 is 0 Å². The summed E-state index contributed by atoms with van der Waals surface area (Å²) in [5, 5.41) is 2.99. The molecule has 1 N–H and O–H groups in total. The molecular formula is C21H28N2O4S. The van der Waals surface area contributed by atoms with Gasteiger partial charge in [0.2, 0.25) is 0 Å². The van der Waals surface area contributed by atoms with Gasteiger partial charge in [-0.25, -0.2) is 4.79 Å². The Morgan fingerprint density at radius 3 is 2.50 bits per heavy atom. The predicted octanol–water partition coefficient (Wildman–Crippen LogP) is 4.47. The Balaban J connectivity index is 2.22. The van der Waals surface area contributed by atoms with Gasteiger partial charge in [-0.2, -0.15) is 8.42 Å². The Bertz CT molecular complexity index is 941. The number of anilines is 1. The van der Waals surface area contributed by atoms with Crippen LogP contribution in [0.1, 0.15) is 37.0 Å². The van der Waals surface area contributed by atoms with Gasteiger partial charge in [-0.15, -0.1) is 0 Å². The van der Waals surface area contributed by atoms with Gasteiger partial charge in [-0.1, -0.05) is 36.8 Å². The van der Waals surface area contributed by atoms with E-state index in [1.807, 2.05) is 52.0 Å². The van der Waals surface area contributed by atoms with Crippen molar-refractivity contribution < 1.29 is 17.4 Å². The van der Waals surface area contributed by atoms with E-state index in [1.54, 1.807) is 23.1 Å². The Morgan fingerprint density at radius 1 is 1.18 bits per heavy atom. The van der Waals surface area contributed by atoms with Crippen molar-refractivity contribution in [1.29, 1.82) is 0 Å². The fourth-order valence-corrected chi connectivity index (χ4v) is 3.31. The lowest BCUT2D eigenvalue weighted by atomic mass is 10.1. The van der Waals surface area contributed by atoms with E-state index in [-0.39, 0.29) is 17.8 Å². The average Bonchev–Trinajstić information content (AvgIpc) is 2.60. The summed E-state index contributed by atoms with van der Waals surface area (Å²) in [7, 11) is -3.60. The number of hydrogen-bond donors (Lipinski definition) is 1. The van der Waals surface area contributed by atoms with Crippen LogP contribution in [0.25, 0.3) is 0 Å². The molecule has 7 heteroatoms. The molecule has 2 rings (SSSR count). The van der Waals surface area contributed by atoms with Crippen molar-refractivity contribution in [2.45, 2.75) is 46.7 Å². The molecule has 6 nitrogen and oxygen atoms in total. The van der Waals surface area contributed by atoms with E-state index in [4.69, 9.17) is 4.18 Å². The SMILES string of the molecule is CC[C@H](C)N(Cc1cccc(OS(C)(=O)=O)c1)C(=O)Nc1ccc(C)cc1C. The molecule has 0 aliphatic heterocycles. The van der Waals surface area contributed by atoms with E-state index in [0.717, 1.165) is 35.1 Å². The second-order valence-corrected chi connectivity index (χ2v) is 8.64. The molecule has 0 heterocycles. The van der Waals surface area contributed by atoms with Gasteiger partial charge in [0, 0.05) is 18.3 Å². The number of urea groups is 1. The molecule has 2 amide bonds. The van der Waals surface area contributed by atoms with E-state index >= 15 is 0 Å². The maximum atomic E-state index is 13.0. The quantitative estimate of drug-likeness (QED) is 0.691. The van der Waals surface area contributed by atoms with Gasteiger partial charge in [-0.3, -0.25) is 0 Å². The van der Waals surface area contributed by atoms with Crippen molar-refractivity contribution in [3.8, 4) is 5.75 Å². The Labute approximate surface area is 167 Å². The molecule has 0 aliphatic carbocycles. The van der Waals surface area contributed by atoms with E-state index < -0.39 is 10.1 Å². The second kappa shape index (κ2) is 9.10. The van der Waals surface area contributed by atoms with Crippen molar-refractivity contribution in [2.75, 3.05) is 11.6 Å². The third kappa shape index (κ3) is 6.27. The molecule has 152 valence electrons. The summed E-state index contributed by atoms with van der Waals surface area (Å²) in [5.41, 5.74) is 3.70. The van der Waals surface area contributed by atoms with Gasteiger partial charge in [0.1, 0.15) is 5.75 Å². The Kier molecular flexibility index (Phi) is 7.07. The lowest BCUT2D eigenvalue weighted by Crippen LogP contribution is -2.40. The summed E-state index contributed by atoms with van der Waals surface area (Å²) in [4.78, 5) is 14.7. The first-order valence-electron chi connectivity index (χ1n) is 9.22. The number of nitrogens with zero attached hydrogens (tertiary/aromatic N) is 1. The van der Waals surface area contributed by atoms with Crippen LogP contribution in [0.2, 0.25) is 0 Å². The van der Waals surface area contributed by atoms with Crippen LogP contribution in [0.5, 0.6) is 5.75 Å². The summed E-state index contributed by atoms with van der Waals surface area (Å²) in [6.45, 7) is 8.31. The first-order chi connectivity index (χ1) is 13.1. The van der Waals surface area contributed by atoms with Crippen molar-refractivity contribution in [1.82, 2.24) is 4.90 Å². The first kappa shape index (κ1) is 21.8.